The first kappa shape index (κ1) is 20.3. The van der Waals surface area contributed by atoms with Crippen LogP contribution in [0.25, 0.3) is 21.9 Å². The fraction of sp³-hybridized carbons (Fsp3) is 0.261. The monoisotopic (exact) mass is 423 g/mol. The maximum atomic E-state index is 13.1. The van der Waals surface area contributed by atoms with Gasteiger partial charge in [-0.3, -0.25) is 14.6 Å². The summed E-state index contributed by atoms with van der Waals surface area (Å²) in [6.45, 7) is 2.72. The fourth-order valence-corrected chi connectivity index (χ4v) is 4.05. The van der Waals surface area contributed by atoms with Gasteiger partial charge in [0.15, 0.2) is 0 Å². The van der Waals surface area contributed by atoms with E-state index in [4.69, 9.17) is 11.6 Å². The Morgan fingerprint density at radius 1 is 1.07 bits per heavy atom. The van der Waals surface area contributed by atoms with Gasteiger partial charge in [0.1, 0.15) is 0 Å². The molecule has 2 amide bonds. The van der Waals surface area contributed by atoms with Gasteiger partial charge in [0.25, 0.3) is 5.91 Å². The molecule has 2 aromatic carbocycles. The zero-order valence-corrected chi connectivity index (χ0v) is 17.3. The third-order valence-corrected chi connectivity index (χ3v) is 5.58. The lowest BCUT2D eigenvalue weighted by molar-refractivity contribution is -0.129. The number of rotatable bonds is 2. The van der Waals surface area contributed by atoms with Crippen LogP contribution in [0.5, 0.6) is 0 Å². The number of aliphatic hydroxyl groups excluding tert-OH is 1. The number of carbonyl (C=O) groups excluding carboxylic acids is 2. The second-order valence-corrected chi connectivity index (χ2v) is 7.94. The molecule has 0 saturated carbocycles. The van der Waals surface area contributed by atoms with E-state index in [0.717, 1.165) is 21.9 Å². The molecule has 1 saturated heterocycles. The number of β-amino-alcohol motifs (C(OH)–C–C–N with tert-alkyl or cyclic N) is 1. The van der Waals surface area contributed by atoms with Crippen LogP contribution in [0.1, 0.15) is 17.3 Å². The predicted octanol–water partition coefficient (Wildman–Crippen LogP) is 3.22. The molecular formula is C23H22ClN3O3. The quantitative estimate of drug-likeness (QED) is 0.686. The van der Waals surface area contributed by atoms with E-state index < -0.39 is 6.10 Å². The number of amides is 2. The molecule has 1 unspecified atom stereocenters. The average molecular weight is 424 g/mol. The molecule has 7 heteroatoms. The van der Waals surface area contributed by atoms with Crippen molar-refractivity contribution in [2.24, 2.45) is 0 Å². The van der Waals surface area contributed by atoms with Crippen LogP contribution in [0.15, 0.2) is 54.9 Å². The Balaban J connectivity index is 1.64. The van der Waals surface area contributed by atoms with Crippen LogP contribution in [0.3, 0.4) is 0 Å². The van der Waals surface area contributed by atoms with Gasteiger partial charge in [-0.05, 0) is 34.5 Å². The summed E-state index contributed by atoms with van der Waals surface area (Å²) < 4.78 is 0. The third-order valence-electron chi connectivity index (χ3n) is 5.38. The molecule has 1 aliphatic heterocycles. The first-order valence-corrected chi connectivity index (χ1v) is 10.2. The maximum Gasteiger partial charge on any atom is 0.254 e. The number of benzene rings is 2. The zero-order valence-electron chi connectivity index (χ0n) is 16.6. The molecule has 6 nitrogen and oxygen atoms in total. The topological polar surface area (TPSA) is 73.7 Å². The zero-order chi connectivity index (χ0) is 21.3. The molecule has 0 bridgehead atoms. The van der Waals surface area contributed by atoms with Crippen molar-refractivity contribution >= 4 is 34.2 Å². The minimum absolute atomic E-state index is 0.0999. The molecule has 1 N–H and O–H groups in total. The van der Waals surface area contributed by atoms with Crippen molar-refractivity contribution in [2.45, 2.75) is 13.0 Å². The van der Waals surface area contributed by atoms with Gasteiger partial charge in [-0.15, -0.1) is 0 Å². The highest BCUT2D eigenvalue weighted by Gasteiger charge is 2.26. The maximum absolute atomic E-state index is 13.1. The third kappa shape index (κ3) is 4.15. The number of aliphatic hydroxyl groups is 1. The Morgan fingerprint density at radius 3 is 2.60 bits per heavy atom. The van der Waals surface area contributed by atoms with E-state index in [1.165, 1.54) is 6.92 Å². The van der Waals surface area contributed by atoms with Gasteiger partial charge in [-0.1, -0.05) is 35.9 Å². The summed E-state index contributed by atoms with van der Waals surface area (Å²) in [6, 6.07) is 13.3. The molecule has 1 atom stereocenters. The molecule has 1 fully saturated rings. The SMILES string of the molecule is CC(=O)N1CCN(C(=O)c2ccc3c(-c4cncc(Cl)c4)cccc3c2)CC(O)C1. The molecule has 3 aromatic rings. The molecule has 0 aliphatic carbocycles. The molecule has 154 valence electrons. The second kappa shape index (κ2) is 8.42. The summed E-state index contributed by atoms with van der Waals surface area (Å²) >= 11 is 6.10. The summed E-state index contributed by atoms with van der Waals surface area (Å²) in [6.07, 6.45) is 2.59. The van der Waals surface area contributed by atoms with Gasteiger partial charge in [0.05, 0.1) is 11.1 Å². The van der Waals surface area contributed by atoms with E-state index >= 15 is 0 Å². The van der Waals surface area contributed by atoms with Crippen molar-refractivity contribution in [3.05, 3.63) is 65.4 Å². The number of fused-ring (bicyclic) bond motifs is 1. The molecule has 1 aromatic heterocycles. The Kier molecular flexibility index (Phi) is 5.70. The Morgan fingerprint density at radius 2 is 1.83 bits per heavy atom. The Labute approximate surface area is 179 Å². The summed E-state index contributed by atoms with van der Waals surface area (Å²) in [5, 5.41) is 12.7. The van der Waals surface area contributed by atoms with Crippen LogP contribution >= 0.6 is 11.6 Å². The van der Waals surface area contributed by atoms with Gasteiger partial charge in [0, 0.05) is 56.6 Å². The van der Waals surface area contributed by atoms with Gasteiger partial charge < -0.3 is 14.9 Å². The van der Waals surface area contributed by atoms with E-state index in [2.05, 4.69) is 4.98 Å². The number of aromatic nitrogens is 1. The number of nitrogens with zero attached hydrogens (tertiary/aromatic N) is 3. The molecule has 2 heterocycles. The summed E-state index contributed by atoms with van der Waals surface area (Å²) in [5.74, 6) is -0.256. The van der Waals surface area contributed by atoms with Gasteiger partial charge in [-0.2, -0.15) is 0 Å². The van der Waals surface area contributed by atoms with Crippen LogP contribution in [-0.4, -0.2) is 64.0 Å². The molecule has 0 spiro atoms. The molecular weight excluding hydrogens is 402 g/mol. The van der Waals surface area contributed by atoms with Crippen molar-refractivity contribution in [1.82, 2.24) is 14.8 Å². The van der Waals surface area contributed by atoms with Crippen molar-refractivity contribution < 1.29 is 14.7 Å². The summed E-state index contributed by atoms with van der Waals surface area (Å²) in [5.41, 5.74) is 2.45. The van der Waals surface area contributed by atoms with Crippen molar-refractivity contribution in [2.75, 3.05) is 26.2 Å². The lowest BCUT2D eigenvalue weighted by atomic mass is 9.97. The van der Waals surface area contributed by atoms with Gasteiger partial charge in [0.2, 0.25) is 5.91 Å². The minimum atomic E-state index is -0.761. The average Bonchev–Trinajstić information content (AvgIpc) is 2.94. The van der Waals surface area contributed by atoms with Crippen LogP contribution in [0, 0.1) is 0 Å². The van der Waals surface area contributed by atoms with Crippen LogP contribution < -0.4 is 0 Å². The Bertz CT molecular complexity index is 1120. The van der Waals surface area contributed by atoms with Crippen LogP contribution in [0.4, 0.5) is 0 Å². The largest absolute Gasteiger partial charge is 0.389 e. The van der Waals surface area contributed by atoms with Crippen LogP contribution in [0.2, 0.25) is 5.02 Å². The second-order valence-electron chi connectivity index (χ2n) is 7.50. The van der Waals surface area contributed by atoms with E-state index in [-0.39, 0.29) is 24.9 Å². The number of pyridine rings is 1. The smallest absolute Gasteiger partial charge is 0.254 e. The number of halogens is 1. The number of hydrogen-bond acceptors (Lipinski definition) is 4. The van der Waals surface area contributed by atoms with Crippen molar-refractivity contribution in [3.8, 4) is 11.1 Å². The molecule has 0 radical (unpaired) electrons. The fourth-order valence-electron chi connectivity index (χ4n) is 3.87. The van der Waals surface area contributed by atoms with Crippen molar-refractivity contribution in [1.29, 1.82) is 0 Å². The highest BCUT2D eigenvalue weighted by molar-refractivity contribution is 6.30. The van der Waals surface area contributed by atoms with E-state index in [9.17, 15) is 14.7 Å². The summed E-state index contributed by atoms with van der Waals surface area (Å²) in [7, 11) is 0. The van der Waals surface area contributed by atoms with E-state index in [1.54, 1.807) is 28.3 Å². The lowest BCUT2D eigenvalue weighted by Gasteiger charge is -2.22. The van der Waals surface area contributed by atoms with Crippen molar-refractivity contribution in [3.63, 3.8) is 0 Å². The molecule has 4 rings (SSSR count). The van der Waals surface area contributed by atoms with Gasteiger partial charge in [-0.25, -0.2) is 0 Å². The first-order valence-electron chi connectivity index (χ1n) is 9.79. The van der Waals surface area contributed by atoms with E-state index in [1.807, 2.05) is 36.4 Å². The summed E-state index contributed by atoms with van der Waals surface area (Å²) in [4.78, 5) is 32.1. The first-order chi connectivity index (χ1) is 14.4. The van der Waals surface area contributed by atoms with E-state index in [0.29, 0.717) is 23.7 Å². The molecule has 30 heavy (non-hydrogen) atoms. The number of hydrogen-bond donors (Lipinski definition) is 1. The minimum Gasteiger partial charge on any atom is -0.389 e. The van der Waals surface area contributed by atoms with Crippen LogP contribution in [-0.2, 0) is 4.79 Å². The molecule has 1 aliphatic rings. The highest BCUT2D eigenvalue weighted by atomic mass is 35.5. The normalized spacial score (nSPS) is 17.1. The highest BCUT2D eigenvalue weighted by Crippen LogP contribution is 2.30. The van der Waals surface area contributed by atoms with Gasteiger partial charge >= 0.3 is 0 Å². The Hall–Kier alpha value is -2.96. The standard InChI is InChI=1S/C23H22ClN3O3/c1-15(28)26-7-8-27(14-20(29)13-26)23(30)17-5-6-22-16(9-17)3-2-4-21(22)18-10-19(24)12-25-11-18/h2-6,9-12,20,29H,7-8,13-14H2,1H3. The predicted molar refractivity (Wildman–Crippen MR) is 116 cm³/mol. The lowest BCUT2D eigenvalue weighted by Crippen LogP contribution is -2.37. The number of carbonyl (C=O) groups is 2.